The summed E-state index contributed by atoms with van der Waals surface area (Å²) in [6, 6.07) is 7.08. The van der Waals surface area contributed by atoms with Crippen LogP contribution in [0.2, 0.25) is 5.02 Å². The highest BCUT2D eigenvalue weighted by Crippen LogP contribution is 2.22. The molecule has 0 aromatic heterocycles. The lowest BCUT2D eigenvalue weighted by molar-refractivity contribution is -0.139. The molecule has 1 atom stereocenters. The van der Waals surface area contributed by atoms with E-state index >= 15 is 0 Å². The van der Waals surface area contributed by atoms with Gasteiger partial charge in [-0.2, -0.15) is 0 Å². The number of amides is 1. The highest BCUT2D eigenvalue weighted by atomic mass is 35.5. The van der Waals surface area contributed by atoms with Crippen LogP contribution in [0.5, 0.6) is 5.75 Å². The van der Waals surface area contributed by atoms with Crippen LogP contribution < -0.4 is 4.74 Å². The number of carbonyl (C=O) groups excluding carboxylic acids is 1. The predicted octanol–water partition coefficient (Wildman–Crippen LogP) is 3.38. The van der Waals surface area contributed by atoms with E-state index in [0.717, 1.165) is 39.0 Å². The molecule has 1 amide bonds. The van der Waals surface area contributed by atoms with Gasteiger partial charge in [0, 0.05) is 31.8 Å². The van der Waals surface area contributed by atoms with E-state index in [1.54, 1.807) is 38.3 Å². The van der Waals surface area contributed by atoms with Gasteiger partial charge in [-0.15, -0.1) is 0 Å². The van der Waals surface area contributed by atoms with Crippen LogP contribution in [0.4, 0.5) is 0 Å². The van der Waals surface area contributed by atoms with Crippen LogP contribution in [0.1, 0.15) is 26.2 Å². The molecule has 1 fully saturated rings. The average Bonchev–Trinajstić information content (AvgIpc) is 2.55. The molecule has 1 aromatic carbocycles. The molecule has 0 unspecified atom stereocenters. The van der Waals surface area contributed by atoms with Gasteiger partial charge in [-0.1, -0.05) is 11.6 Å². The van der Waals surface area contributed by atoms with E-state index < -0.39 is 6.10 Å². The van der Waals surface area contributed by atoms with Crippen molar-refractivity contribution >= 4 is 17.5 Å². The minimum atomic E-state index is -0.475. The first-order chi connectivity index (χ1) is 10.6. The van der Waals surface area contributed by atoms with Gasteiger partial charge in [0.15, 0.2) is 6.10 Å². The second-order valence-electron chi connectivity index (χ2n) is 5.76. The maximum atomic E-state index is 12.4. The zero-order valence-electron chi connectivity index (χ0n) is 13.3. The standard InChI is InChI=1S/C17H24ClNO3/c1-13(22-16-5-3-15(18)4-6-16)17(20)19-10-7-14(8-11-19)9-12-21-2/h3-6,13-14H,7-12H2,1-2H3/t13-/m1/s1. The lowest BCUT2D eigenvalue weighted by Crippen LogP contribution is -2.44. The van der Waals surface area contributed by atoms with Crippen molar-refractivity contribution < 1.29 is 14.3 Å². The zero-order valence-corrected chi connectivity index (χ0v) is 14.0. The van der Waals surface area contributed by atoms with E-state index in [2.05, 4.69) is 0 Å². The normalized spacial score (nSPS) is 17.3. The Morgan fingerprint density at radius 1 is 1.32 bits per heavy atom. The summed E-state index contributed by atoms with van der Waals surface area (Å²) in [4.78, 5) is 14.3. The van der Waals surface area contributed by atoms with Crippen LogP contribution in [0, 0.1) is 5.92 Å². The van der Waals surface area contributed by atoms with Crippen LogP contribution in [-0.2, 0) is 9.53 Å². The molecule has 0 bridgehead atoms. The molecular formula is C17H24ClNO3. The number of ether oxygens (including phenoxy) is 2. The van der Waals surface area contributed by atoms with Crippen molar-refractivity contribution in [3.8, 4) is 5.75 Å². The molecule has 22 heavy (non-hydrogen) atoms. The molecule has 0 radical (unpaired) electrons. The Bertz CT molecular complexity index is 469. The fraction of sp³-hybridized carbons (Fsp3) is 0.588. The molecule has 0 N–H and O–H groups in total. The van der Waals surface area contributed by atoms with Gasteiger partial charge in [-0.3, -0.25) is 4.79 Å². The topological polar surface area (TPSA) is 38.8 Å². The summed E-state index contributed by atoms with van der Waals surface area (Å²) < 4.78 is 10.8. The van der Waals surface area contributed by atoms with E-state index in [4.69, 9.17) is 21.1 Å². The number of hydrogen-bond acceptors (Lipinski definition) is 3. The van der Waals surface area contributed by atoms with Gasteiger partial charge < -0.3 is 14.4 Å². The fourth-order valence-corrected chi connectivity index (χ4v) is 2.88. The van der Waals surface area contributed by atoms with Crippen LogP contribution in [0.25, 0.3) is 0 Å². The third-order valence-electron chi connectivity index (χ3n) is 4.13. The molecule has 0 saturated carbocycles. The number of piperidine rings is 1. The highest BCUT2D eigenvalue weighted by Gasteiger charge is 2.26. The van der Waals surface area contributed by atoms with Gasteiger partial charge in [0.2, 0.25) is 0 Å². The van der Waals surface area contributed by atoms with Crippen molar-refractivity contribution in [2.75, 3.05) is 26.8 Å². The third kappa shape index (κ3) is 4.89. The molecule has 1 aliphatic heterocycles. The maximum absolute atomic E-state index is 12.4. The molecule has 0 aliphatic carbocycles. The number of benzene rings is 1. The molecule has 1 saturated heterocycles. The SMILES string of the molecule is COCCC1CCN(C(=O)[C@@H](C)Oc2ccc(Cl)cc2)CC1. The Hall–Kier alpha value is -1.26. The Balaban J connectivity index is 1.80. The van der Waals surface area contributed by atoms with Crippen molar-refractivity contribution in [3.63, 3.8) is 0 Å². The van der Waals surface area contributed by atoms with Crippen LogP contribution in [-0.4, -0.2) is 43.7 Å². The fourth-order valence-electron chi connectivity index (χ4n) is 2.75. The van der Waals surface area contributed by atoms with E-state index in [0.29, 0.717) is 16.7 Å². The summed E-state index contributed by atoms with van der Waals surface area (Å²) in [5, 5.41) is 0.657. The van der Waals surface area contributed by atoms with Gasteiger partial charge >= 0.3 is 0 Å². The number of rotatable bonds is 6. The monoisotopic (exact) mass is 325 g/mol. The molecule has 1 heterocycles. The molecule has 2 rings (SSSR count). The molecular weight excluding hydrogens is 302 g/mol. The number of likely N-dealkylation sites (tertiary alicyclic amines) is 1. The predicted molar refractivity (Wildman–Crippen MR) is 87.3 cm³/mol. The van der Waals surface area contributed by atoms with Gasteiger partial charge in [-0.25, -0.2) is 0 Å². The Morgan fingerprint density at radius 2 is 1.95 bits per heavy atom. The van der Waals surface area contributed by atoms with E-state index in [1.165, 1.54) is 0 Å². The quantitative estimate of drug-likeness (QED) is 0.804. The summed E-state index contributed by atoms with van der Waals surface area (Å²) in [7, 11) is 1.73. The number of hydrogen-bond donors (Lipinski definition) is 0. The summed E-state index contributed by atoms with van der Waals surface area (Å²) in [5.74, 6) is 1.39. The molecule has 4 nitrogen and oxygen atoms in total. The van der Waals surface area contributed by atoms with Gasteiger partial charge in [0.25, 0.3) is 5.91 Å². The number of carbonyl (C=O) groups is 1. The van der Waals surface area contributed by atoms with Crippen LogP contribution >= 0.6 is 11.6 Å². The highest BCUT2D eigenvalue weighted by molar-refractivity contribution is 6.30. The number of nitrogens with zero attached hydrogens (tertiary/aromatic N) is 1. The van der Waals surface area contributed by atoms with Crippen LogP contribution in [0.15, 0.2) is 24.3 Å². The van der Waals surface area contributed by atoms with Gasteiger partial charge in [0.1, 0.15) is 5.75 Å². The molecule has 0 spiro atoms. The Labute approximate surface area is 137 Å². The first kappa shape index (κ1) is 17.1. The minimum Gasteiger partial charge on any atom is -0.481 e. The lowest BCUT2D eigenvalue weighted by atomic mass is 9.94. The minimum absolute atomic E-state index is 0.0557. The summed E-state index contributed by atoms with van der Waals surface area (Å²) in [5.41, 5.74) is 0. The second kappa shape index (κ2) is 8.39. The van der Waals surface area contributed by atoms with Gasteiger partial charge in [-0.05, 0) is 56.4 Å². The van der Waals surface area contributed by atoms with Crippen molar-refractivity contribution in [3.05, 3.63) is 29.3 Å². The van der Waals surface area contributed by atoms with E-state index in [1.807, 2.05) is 4.90 Å². The second-order valence-corrected chi connectivity index (χ2v) is 6.20. The average molecular weight is 326 g/mol. The Kier molecular flexibility index (Phi) is 6.52. The Morgan fingerprint density at radius 3 is 2.55 bits per heavy atom. The first-order valence-electron chi connectivity index (χ1n) is 7.80. The first-order valence-corrected chi connectivity index (χ1v) is 8.18. The van der Waals surface area contributed by atoms with Crippen molar-refractivity contribution in [1.29, 1.82) is 0 Å². The molecule has 5 heteroatoms. The number of halogens is 1. The van der Waals surface area contributed by atoms with Gasteiger partial charge in [0.05, 0.1) is 0 Å². The molecule has 1 aliphatic rings. The number of methoxy groups -OCH3 is 1. The van der Waals surface area contributed by atoms with Crippen molar-refractivity contribution in [2.24, 2.45) is 5.92 Å². The third-order valence-corrected chi connectivity index (χ3v) is 4.38. The van der Waals surface area contributed by atoms with Crippen LogP contribution in [0.3, 0.4) is 0 Å². The van der Waals surface area contributed by atoms with E-state index in [9.17, 15) is 4.79 Å². The zero-order chi connectivity index (χ0) is 15.9. The maximum Gasteiger partial charge on any atom is 0.263 e. The van der Waals surface area contributed by atoms with Crippen molar-refractivity contribution in [1.82, 2.24) is 4.90 Å². The molecule has 1 aromatic rings. The largest absolute Gasteiger partial charge is 0.481 e. The smallest absolute Gasteiger partial charge is 0.263 e. The van der Waals surface area contributed by atoms with Crippen molar-refractivity contribution in [2.45, 2.75) is 32.3 Å². The molecule has 122 valence electrons. The summed E-state index contributed by atoms with van der Waals surface area (Å²) >= 11 is 5.84. The summed E-state index contributed by atoms with van der Waals surface area (Å²) in [6.07, 6.45) is 2.69. The summed E-state index contributed by atoms with van der Waals surface area (Å²) in [6.45, 7) is 4.21. The lowest BCUT2D eigenvalue weighted by Gasteiger charge is -2.33. The van der Waals surface area contributed by atoms with E-state index in [-0.39, 0.29) is 5.91 Å².